The molecule has 0 unspecified atom stereocenters. The van der Waals surface area contributed by atoms with Gasteiger partial charge in [-0.05, 0) is 12.1 Å². The van der Waals surface area contributed by atoms with Crippen LogP contribution in [0.3, 0.4) is 0 Å². The summed E-state index contributed by atoms with van der Waals surface area (Å²) in [5, 5.41) is 32.0. The van der Waals surface area contributed by atoms with Gasteiger partial charge in [0.25, 0.3) is 0 Å². The van der Waals surface area contributed by atoms with E-state index >= 15 is 0 Å². The van der Waals surface area contributed by atoms with Gasteiger partial charge in [0.15, 0.2) is 0 Å². The molecule has 1 amide bonds. The van der Waals surface area contributed by atoms with Gasteiger partial charge in [0.1, 0.15) is 23.7 Å². The lowest BCUT2D eigenvalue weighted by Gasteiger charge is -2.42. The Labute approximate surface area is 132 Å². The quantitative estimate of drug-likeness (QED) is 0.463. The number of carbonyl (C=O) groups is 1. The van der Waals surface area contributed by atoms with E-state index in [4.69, 9.17) is 10.5 Å². The molecule has 1 aliphatic rings. The Bertz CT molecular complexity index is 530. The smallest absolute Gasteiger partial charge is 0.217 e. The topological polar surface area (TPSA) is 125 Å². The number of amides is 1. The summed E-state index contributed by atoms with van der Waals surface area (Å²) in [4.78, 5) is 12.1. The number of hydrogen-bond donors (Lipinski definition) is 5. The molecule has 0 saturated carbocycles. The van der Waals surface area contributed by atoms with E-state index in [0.29, 0.717) is 5.69 Å². The molecule has 8 heteroatoms. The van der Waals surface area contributed by atoms with Crippen molar-refractivity contribution in [3.05, 3.63) is 24.3 Å². The van der Waals surface area contributed by atoms with Crippen LogP contribution in [0.1, 0.15) is 6.92 Å². The van der Waals surface area contributed by atoms with E-state index in [1.807, 2.05) is 6.07 Å². The van der Waals surface area contributed by atoms with E-state index in [-0.39, 0.29) is 5.91 Å². The number of aliphatic hydroxyl groups is 3. The summed E-state index contributed by atoms with van der Waals surface area (Å²) in [7, 11) is 0. The number of aliphatic hydroxyl groups excluding tert-OH is 3. The first kappa shape index (κ1) is 17.0. The lowest BCUT2D eigenvalue weighted by atomic mass is 9.98. The lowest BCUT2D eigenvalue weighted by molar-refractivity contribution is -0.173. The molecule has 122 valence electrons. The third kappa shape index (κ3) is 3.71. The van der Waals surface area contributed by atoms with E-state index in [9.17, 15) is 20.1 Å². The number of nitrogens with two attached hydrogens (primary N) is 1. The van der Waals surface area contributed by atoms with Crippen molar-refractivity contribution in [1.82, 2.24) is 5.32 Å². The molecule has 2 rings (SSSR count). The van der Waals surface area contributed by atoms with Crippen LogP contribution in [-0.4, -0.2) is 57.6 Å². The van der Waals surface area contributed by atoms with Crippen molar-refractivity contribution < 1.29 is 24.9 Å². The molecule has 1 saturated heterocycles. The number of ether oxygens (including phenoxy) is 1. The maximum atomic E-state index is 11.3. The molecular formula is C14H20N2O5S. The second-order valence-corrected chi connectivity index (χ2v) is 6.23. The summed E-state index contributed by atoms with van der Waals surface area (Å²) in [6.45, 7) is 0.877. The molecule has 1 aromatic carbocycles. The maximum absolute atomic E-state index is 11.3. The van der Waals surface area contributed by atoms with Gasteiger partial charge in [-0.15, -0.1) is 0 Å². The van der Waals surface area contributed by atoms with Gasteiger partial charge < -0.3 is 31.1 Å². The Kier molecular flexibility index (Phi) is 5.65. The zero-order valence-corrected chi connectivity index (χ0v) is 12.9. The van der Waals surface area contributed by atoms with Crippen LogP contribution in [0.2, 0.25) is 0 Å². The van der Waals surface area contributed by atoms with Gasteiger partial charge in [-0.25, -0.2) is 0 Å². The minimum absolute atomic E-state index is 0.353. The number of nitrogen functional groups attached to an aromatic ring is 1. The summed E-state index contributed by atoms with van der Waals surface area (Å²) in [6, 6.07) is 6.30. The number of hydrogen-bond acceptors (Lipinski definition) is 7. The van der Waals surface area contributed by atoms with Crippen molar-refractivity contribution in [3.63, 3.8) is 0 Å². The Balaban J connectivity index is 2.23. The molecular weight excluding hydrogens is 308 g/mol. The Morgan fingerprint density at radius 2 is 2.05 bits per heavy atom. The molecule has 0 aliphatic carbocycles. The van der Waals surface area contributed by atoms with Crippen LogP contribution < -0.4 is 11.1 Å². The highest BCUT2D eigenvalue weighted by Gasteiger charge is 2.45. The Hall–Kier alpha value is -1.32. The number of anilines is 1. The molecule has 7 nitrogen and oxygen atoms in total. The monoisotopic (exact) mass is 328 g/mol. The first-order valence-corrected chi connectivity index (χ1v) is 7.72. The van der Waals surface area contributed by atoms with Crippen molar-refractivity contribution in [1.29, 1.82) is 0 Å². The SMILES string of the molecule is CC(=O)N[C@@H]1[C@@H](O)[C@H](O)[C@@H](CO)O[C@H]1Sc1ccccc1N. The molecule has 0 radical (unpaired) electrons. The van der Waals surface area contributed by atoms with Crippen molar-refractivity contribution in [2.75, 3.05) is 12.3 Å². The maximum Gasteiger partial charge on any atom is 0.217 e. The number of benzene rings is 1. The second kappa shape index (κ2) is 7.30. The van der Waals surface area contributed by atoms with E-state index in [2.05, 4.69) is 5.32 Å². The largest absolute Gasteiger partial charge is 0.398 e. The van der Waals surface area contributed by atoms with Crippen molar-refractivity contribution >= 4 is 23.4 Å². The second-order valence-electron chi connectivity index (χ2n) is 5.09. The highest BCUT2D eigenvalue weighted by atomic mass is 32.2. The van der Waals surface area contributed by atoms with Crippen molar-refractivity contribution in [2.24, 2.45) is 0 Å². The fourth-order valence-electron chi connectivity index (χ4n) is 2.28. The van der Waals surface area contributed by atoms with Gasteiger partial charge in [0, 0.05) is 17.5 Å². The van der Waals surface area contributed by atoms with Crippen molar-refractivity contribution in [3.8, 4) is 0 Å². The summed E-state index contributed by atoms with van der Waals surface area (Å²) < 4.78 is 5.62. The number of thioether (sulfide) groups is 1. The lowest BCUT2D eigenvalue weighted by Crippen LogP contribution is -2.63. The van der Waals surface area contributed by atoms with Gasteiger partial charge in [-0.3, -0.25) is 4.79 Å². The minimum atomic E-state index is -1.29. The summed E-state index contributed by atoms with van der Waals surface area (Å²) in [6.07, 6.45) is -3.47. The molecule has 22 heavy (non-hydrogen) atoms. The molecule has 5 atom stereocenters. The van der Waals surface area contributed by atoms with Gasteiger partial charge in [0.2, 0.25) is 5.91 Å². The van der Waals surface area contributed by atoms with E-state index in [1.165, 1.54) is 18.7 Å². The number of rotatable bonds is 4. The zero-order chi connectivity index (χ0) is 16.3. The highest BCUT2D eigenvalue weighted by molar-refractivity contribution is 8.00. The Morgan fingerprint density at radius 1 is 1.36 bits per heavy atom. The third-order valence-electron chi connectivity index (χ3n) is 3.41. The first-order valence-electron chi connectivity index (χ1n) is 6.84. The molecule has 0 spiro atoms. The van der Waals surface area contributed by atoms with Crippen LogP contribution in [0.5, 0.6) is 0 Å². The summed E-state index contributed by atoms with van der Waals surface area (Å²) in [5.41, 5.74) is 5.74. The molecule has 0 bridgehead atoms. The zero-order valence-electron chi connectivity index (χ0n) is 12.0. The number of carbonyl (C=O) groups excluding carboxylic acids is 1. The fraction of sp³-hybridized carbons (Fsp3) is 0.500. The molecule has 0 aromatic heterocycles. The molecule has 6 N–H and O–H groups in total. The van der Waals surface area contributed by atoms with Gasteiger partial charge in [-0.1, -0.05) is 23.9 Å². The summed E-state index contributed by atoms with van der Waals surface area (Å²) >= 11 is 1.22. The van der Waals surface area contributed by atoms with Gasteiger partial charge in [0.05, 0.1) is 12.6 Å². The predicted molar refractivity (Wildman–Crippen MR) is 82.1 cm³/mol. The van der Waals surface area contributed by atoms with E-state index < -0.39 is 36.4 Å². The average molecular weight is 328 g/mol. The predicted octanol–water partition coefficient (Wildman–Crippen LogP) is -0.695. The fourth-order valence-corrected chi connectivity index (χ4v) is 3.47. The van der Waals surface area contributed by atoms with E-state index in [1.54, 1.807) is 18.2 Å². The van der Waals surface area contributed by atoms with Crippen molar-refractivity contribution in [2.45, 2.75) is 41.6 Å². The van der Waals surface area contributed by atoms with Crippen LogP contribution >= 0.6 is 11.8 Å². The third-order valence-corrected chi connectivity index (χ3v) is 4.68. The Morgan fingerprint density at radius 3 is 2.64 bits per heavy atom. The normalized spacial score (nSPS) is 31.7. The van der Waals surface area contributed by atoms with Crippen LogP contribution in [0, 0.1) is 0 Å². The molecule has 1 aromatic rings. The van der Waals surface area contributed by atoms with Crippen LogP contribution in [0.15, 0.2) is 29.2 Å². The van der Waals surface area contributed by atoms with Crippen LogP contribution in [-0.2, 0) is 9.53 Å². The highest BCUT2D eigenvalue weighted by Crippen LogP contribution is 2.35. The van der Waals surface area contributed by atoms with Crippen LogP contribution in [0.4, 0.5) is 5.69 Å². The number of para-hydroxylation sites is 1. The molecule has 1 fully saturated rings. The number of nitrogens with one attached hydrogen (secondary N) is 1. The summed E-state index contributed by atoms with van der Waals surface area (Å²) in [5.74, 6) is -0.353. The standard InChI is InChI=1S/C14H20N2O5S/c1-7(18)16-11-13(20)12(19)9(6-17)21-14(11)22-10-5-3-2-4-8(10)15/h2-5,9,11-14,17,19-20H,6,15H2,1H3,(H,16,18)/t9-,11-,12-,13-,14+/m1/s1. The molecule has 1 aliphatic heterocycles. The minimum Gasteiger partial charge on any atom is -0.398 e. The van der Waals surface area contributed by atoms with E-state index in [0.717, 1.165) is 4.90 Å². The molecule has 1 heterocycles. The van der Waals surface area contributed by atoms with Gasteiger partial charge >= 0.3 is 0 Å². The van der Waals surface area contributed by atoms with Gasteiger partial charge in [-0.2, -0.15) is 0 Å². The first-order chi connectivity index (χ1) is 10.4. The van der Waals surface area contributed by atoms with Crippen LogP contribution in [0.25, 0.3) is 0 Å². The average Bonchev–Trinajstić information content (AvgIpc) is 2.48.